The van der Waals surface area contributed by atoms with Gasteiger partial charge in [-0.05, 0) is 19.1 Å². The van der Waals surface area contributed by atoms with Crippen molar-refractivity contribution >= 4 is 17.7 Å². The molecule has 0 unspecified atom stereocenters. The topological polar surface area (TPSA) is 110 Å². The van der Waals surface area contributed by atoms with E-state index in [-0.39, 0.29) is 12.2 Å². The Morgan fingerprint density at radius 2 is 2.21 bits per heavy atom. The van der Waals surface area contributed by atoms with Crippen LogP contribution < -0.4 is 5.32 Å². The number of aryl methyl sites for hydroxylation is 1. The summed E-state index contributed by atoms with van der Waals surface area (Å²) in [5, 5.41) is 18.3. The molecule has 0 spiro atoms. The SMILES string of the molecule is Cc1cccc(NC(=O)c2cn(CC(=O)O)nn2)n1. The first-order valence-electron chi connectivity index (χ1n) is 5.41. The highest BCUT2D eigenvalue weighted by molar-refractivity contribution is 6.02. The highest BCUT2D eigenvalue weighted by Crippen LogP contribution is 2.05. The summed E-state index contributed by atoms with van der Waals surface area (Å²) < 4.78 is 1.07. The van der Waals surface area contributed by atoms with Crippen LogP contribution in [0.15, 0.2) is 24.4 Å². The van der Waals surface area contributed by atoms with Gasteiger partial charge in [0, 0.05) is 5.69 Å². The Hall–Kier alpha value is -2.77. The van der Waals surface area contributed by atoms with E-state index < -0.39 is 11.9 Å². The van der Waals surface area contributed by atoms with Gasteiger partial charge in [0.05, 0.1) is 6.20 Å². The van der Waals surface area contributed by atoms with Crippen molar-refractivity contribution in [1.29, 1.82) is 0 Å². The van der Waals surface area contributed by atoms with Crippen LogP contribution in [0.25, 0.3) is 0 Å². The van der Waals surface area contributed by atoms with Crippen LogP contribution in [0, 0.1) is 6.92 Å². The van der Waals surface area contributed by atoms with Gasteiger partial charge in [0.2, 0.25) is 0 Å². The number of amides is 1. The van der Waals surface area contributed by atoms with Crippen LogP contribution in [-0.2, 0) is 11.3 Å². The molecule has 2 aromatic rings. The van der Waals surface area contributed by atoms with Crippen LogP contribution in [0.2, 0.25) is 0 Å². The number of carbonyl (C=O) groups is 2. The molecule has 2 heterocycles. The van der Waals surface area contributed by atoms with E-state index in [1.807, 2.05) is 0 Å². The first-order chi connectivity index (χ1) is 9.04. The fourth-order valence-electron chi connectivity index (χ4n) is 1.41. The first kappa shape index (κ1) is 12.7. The van der Waals surface area contributed by atoms with Crippen LogP contribution in [0.4, 0.5) is 5.82 Å². The van der Waals surface area contributed by atoms with E-state index in [2.05, 4.69) is 20.6 Å². The molecule has 0 aromatic carbocycles. The molecular weight excluding hydrogens is 250 g/mol. The van der Waals surface area contributed by atoms with E-state index in [1.165, 1.54) is 6.20 Å². The van der Waals surface area contributed by atoms with Gasteiger partial charge < -0.3 is 10.4 Å². The molecule has 98 valence electrons. The molecular formula is C11H11N5O3. The van der Waals surface area contributed by atoms with E-state index in [1.54, 1.807) is 25.1 Å². The van der Waals surface area contributed by atoms with E-state index in [0.29, 0.717) is 5.82 Å². The molecule has 1 amide bonds. The van der Waals surface area contributed by atoms with Gasteiger partial charge in [-0.3, -0.25) is 9.59 Å². The van der Waals surface area contributed by atoms with Crippen molar-refractivity contribution in [3.8, 4) is 0 Å². The molecule has 2 aromatic heterocycles. The number of nitrogens with one attached hydrogen (secondary N) is 1. The lowest BCUT2D eigenvalue weighted by atomic mass is 10.3. The maximum atomic E-state index is 11.8. The molecule has 8 heteroatoms. The van der Waals surface area contributed by atoms with Crippen LogP contribution in [0.3, 0.4) is 0 Å². The molecule has 0 saturated heterocycles. The first-order valence-corrected chi connectivity index (χ1v) is 5.41. The third kappa shape index (κ3) is 3.35. The summed E-state index contributed by atoms with van der Waals surface area (Å²) in [4.78, 5) is 26.4. The van der Waals surface area contributed by atoms with Crippen molar-refractivity contribution in [3.05, 3.63) is 35.8 Å². The summed E-state index contributed by atoms with van der Waals surface area (Å²) in [5.41, 5.74) is 0.803. The number of rotatable bonds is 4. The fourth-order valence-corrected chi connectivity index (χ4v) is 1.41. The molecule has 0 atom stereocenters. The van der Waals surface area contributed by atoms with E-state index in [0.717, 1.165) is 10.4 Å². The number of carboxylic acids is 1. The lowest BCUT2D eigenvalue weighted by Gasteiger charge is -2.02. The number of hydrogen-bond acceptors (Lipinski definition) is 5. The van der Waals surface area contributed by atoms with Gasteiger partial charge in [-0.15, -0.1) is 5.10 Å². The average Bonchev–Trinajstić information content (AvgIpc) is 2.76. The lowest BCUT2D eigenvalue weighted by Crippen LogP contribution is -2.13. The minimum atomic E-state index is -1.06. The summed E-state index contributed by atoms with van der Waals surface area (Å²) in [5.74, 6) is -1.15. The van der Waals surface area contributed by atoms with Gasteiger partial charge in [0.25, 0.3) is 5.91 Å². The van der Waals surface area contributed by atoms with Crippen molar-refractivity contribution in [2.45, 2.75) is 13.5 Å². The summed E-state index contributed by atoms with van der Waals surface area (Å²) >= 11 is 0. The number of anilines is 1. The van der Waals surface area contributed by atoms with Gasteiger partial charge in [0.1, 0.15) is 12.4 Å². The highest BCUT2D eigenvalue weighted by atomic mass is 16.4. The average molecular weight is 261 g/mol. The Morgan fingerprint density at radius 3 is 2.89 bits per heavy atom. The van der Waals surface area contributed by atoms with Crippen molar-refractivity contribution in [1.82, 2.24) is 20.0 Å². The fraction of sp³-hybridized carbons (Fsp3) is 0.182. The molecule has 2 N–H and O–H groups in total. The maximum Gasteiger partial charge on any atom is 0.325 e. The van der Waals surface area contributed by atoms with Crippen molar-refractivity contribution in [3.63, 3.8) is 0 Å². The minimum Gasteiger partial charge on any atom is -0.480 e. The normalized spacial score (nSPS) is 10.2. The molecule has 0 fully saturated rings. The number of carboxylic acid groups (broad SMARTS) is 1. The zero-order valence-corrected chi connectivity index (χ0v) is 10.1. The Morgan fingerprint density at radius 1 is 1.42 bits per heavy atom. The largest absolute Gasteiger partial charge is 0.480 e. The number of carbonyl (C=O) groups excluding carboxylic acids is 1. The van der Waals surface area contributed by atoms with Gasteiger partial charge >= 0.3 is 5.97 Å². The molecule has 0 aliphatic heterocycles. The Labute approximate surface area is 108 Å². The smallest absolute Gasteiger partial charge is 0.325 e. The van der Waals surface area contributed by atoms with E-state index in [4.69, 9.17) is 5.11 Å². The molecule has 0 bridgehead atoms. The Balaban J connectivity index is 2.07. The summed E-state index contributed by atoms with van der Waals surface area (Å²) in [6.45, 7) is 1.46. The van der Waals surface area contributed by atoms with E-state index >= 15 is 0 Å². The predicted octanol–water partition coefficient (Wildman–Crippen LogP) is 0.318. The summed E-state index contributed by atoms with van der Waals surface area (Å²) in [6.07, 6.45) is 1.26. The quantitative estimate of drug-likeness (QED) is 0.820. The maximum absolute atomic E-state index is 11.8. The van der Waals surface area contributed by atoms with Crippen LogP contribution in [-0.4, -0.2) is 37.0 Å². The number of aliphatic carboxylic acids is 1. The van der Waals surface area contributed by atoms with E-state index in [9.17, 15) is 9.59 Å². The molecule has 0 aliphatic carbocycles. The van der Waals surface area contributed by atoms with Crippen LogP contribution >= 0.6 is 0 Å². The van der Waals surface area contributed by atoms with Crippen molar-refractivity contribution in [2.24, 2.45) is 0 Å². The van der Waals surface area contributed by atoms with Gasteiger partial charge in [-0.25, -0.2) is 9.67 Å². The zero-order chi connectivity index (χ0) is 13.8. The lowest BCUT2D eigenvalue weighted by molar-refractivity contribution is -0.137. The number of nitrogens with zero attached hydrogens (tertiary/aromatic N) is 4. The van der Waals surface area contributed by atoms with Crippen molar-refractivity contribution < 1.29 is 14.7 Å². The second kappa shape index (κ2) is 5.25. The summed E-state index contributed by atoms with van der Waals surface area (Å²) in [6, 6.07) is 5.21. The monoisotopic (exact) mass is 261 g/mol. The molecule has 2 rings (SSSR count). The number of hydrogen-bond donors (Lipinski definition) is 2. The number of pyridine rings is 1. The second-order valence-corrected chi connectivity index (χ2v) is 3.81. The third-order valence-corrected chi connectivity index (χ3v) is 2.20. The molecule has 8 nitrogen and oxygen atoms in total. The molecule has 0 aliphatic rings. The predicted molar refractivity (Wildman–Crippen MR) is 64.6 cm³/mol. The molecule has 0 radical (unpaired) electrons. The highest BCUT2D eigenvalue weighted by Gasteiger charge is 2.12. The number of aromatic nitrogens is 4. The van der Waals surface area contributed by atoms with Crippen LogP contribution in [0.5, 0.6) is 0 Å². The van der Waals surface area contributed by atoms with Gasteiger partial charge in [-0.1, -0.05) is 11.3 Å². The van der Waals surface area contributed by atoms with Gasteiger partial charge in [-0.2, -0.15) is 0 Å². The minimum absolute atomic E-state index is 0.0320. The summed E-state index contributed by atoms with van der Waals surface area (Å²) in [7, 11) is 0. The van der Waals surface area contributed by atoms with Gasteiger partial charge in [0.15, 0.2) is 5.69 Å². The third-order valence-electron chi connectivity index (χ3n) is 2.20. The second-order valence-electron chi connectivity index (χ2n) is 3.81. The molecule has 19 heavy (non-hydrogen) atoms. The van der Waals surface area contributed by atoms with Crippen molar-refractivity contribution in [2.75, 3.05) is 5.32 Å². The molecule has 0 saturated carbocycles. The van der Waals surface area contributed by atoms with Crippen LogP contribution in [0.1, 0.15) is 16.2 Å². The standard InChI is InChI=1S/C11H11N5O3/c1-7-3-2-4-9(12-7)13-11(19)8-5-16(15-14-8)6-10(17)18/h2-5H,6H2,1H3,(H,17,18)(H,12,13,19). The Bertz CT molecular complexity index is 622. The Kier molecular flexibility index (Phi) is 3.51. The zero-order valence-electron chi connectivity index (χ0n) is 10.1.